The number of phenols is 1. The van der Waals surface area contributed by atoms with Gasteiger partial charge in [-0.2, -0.15) is 0 Å². The number of carboxylic acids is 2. The molecule has 2 aromatic rings. The Kier molecular flexibility index (Phi) is 8.93. The number of nitrogens with zero attached hydrogens (tertiary/aromatic N) is 3. The van der Waals surface area contributed by atoms with Crippen LogP contribution in [0.3, 0.4) is 0 Å². The Morgan fingerprint density at radius 2 is 1.59 bits per heavy atom. The Bertz CT molecular complexity index is 946. The molecule has 1 heterocycles. The summed E-state index contributed by atoms with van der Waals surface area (Å²) in [6.07, 6.45) is 0. The lowest BCUT2D eigenvalue weighted by atomic mass is 10.1. The Morgan fingerprint density at radius 1 is 1.00 bits per heavy atom. The smallest absolute Gasteiger partial charge is 0.414 e. The van der Waals surface area contributed by atoms with Crippen LogP contribution in [0.15, 0.2) is 42.5 Å². The van der Waals surface area contributed by atoms with Crippen LogP contribution in [-0.2, 0) is 22.7 Å². The van der Waals surface area contributed by atoms with E-state index in [9.17, 15) is 15.2 Å². The van der Waals surface area contributed by atoms with Crippen LogP contribution in [0.25, 0.3) is 0 Å². The number of ether oxygens (including phenoxy) is 1. The molecule has 1 aliphatic heterocycles. The molecule has 1 aliphatic rings. The zero-order valence-electron chi connectivity index (χ0n) is 17.5. The molecule has 0 aliphatic carbocycles. The quantitative estimate of drug-likeness (QED) is 0.339. The van der Waals surface area contributed by atoms with Crippen molar-refractivity contribution in [3.8, 4) is 11.5 Å². The monoisotopic (exact) mass is 447 g/mol. The van der Waals surface area contributed by atoms with Crippen molar-refractivity contribution >= 4 is 17.6 Å². The van der Waals surface area contributed by atoms with E-state index in [0.29, 0.717) is 13.1 Å². The summed E-state index contributed by atoms with van der Waals surface area (Å²) in [7, 11) is 1.61. The van der Waals surface area contributed by atoms with Crippen LogP contribution in [0.4, 0.5) is 5.69 Å². The van der Waals surface area contributed by atoms with Crippen LogP contribution in [0.5, 0.6) is 11.5 Å². The lowest BCUT2D eigenvalue weighted by molar-refractivity contribution is -0.384. The molecule has 2 aromatic carbocycles. The summed E-state index contributed by atoms with van der Waals surface area (Å²) in [5.74, 6) is -2.63. The van der Waals surface area contributed by atoms with E-state index in [1.54, 1.807) is 31.4 Å². The first kappa shape index (κ1) is 24.6. The van der Waals surface area contributed by atoms with Gasteiger partial charge in [0, 0.05) is 57.0 Å². The van der Waals surface area contributed by atoms with Crippen LogP contribution in [-0.4, -0.2) is 75.3 Å². The number of methoxy groups -OCH3 is 1. The molecule has 32 heavy (non-hydrogen) atoms. The topological polar surface area (TPSA) is 154 Å². The minimum Gasteiger partial charge on any atom is -0.508 e. The largest absolute Gasteiger partial charge is 0.508 e. The molecule has 3 rings (SSSR count). The van der Waals surface area contributed by atoms with Gasteiger partial charge in [0.25, 0.3) is 5.69 Å². The summed E-state index contributed by atoms with van der Waals surface area (Å²) in [5, 5.41) is 35.7. The molecule has 1 fully saturated rings. The second kappa shape index (κ2) is 11.6. The number of nitro groups is 1. The molecule has 0 atom stereocenters. The third kappa shape index (κ3) is 7.52. The molecule has 11 nitrogen and oxygen atoms in total. The predicted molar refractivity (Wildman–Crippen MR) is 114 cm³/mol. The zero-order chi connectivity index (χ0) is 23.7. The highest BCUT2D eigenvalue weighted by atomic mass is 16.6. The summed E-state index contributed by atoms with van der Waals surface area (Å²) in [4.78, 5) is 33.3. The first-order chi connectivity index (χ1) is 15.2. The number of phenolic OH excluding ortho intramolecular Hbond substituents is 1. The maximum absolute atomic E-state index is 10.9. The average molecular weight is 447 g/mol. The van der Waals surface area contributed by atoms with E-state index in [4.69, 9.17) is 24.5 Å². The molecular formula is C21H25N3O8. The summed E-state index contributed by atoms with van der Waals surface area (Å²) >= 11 is 0. The fraction of sp³-hybridized carbons (Fsp3) is 0.333. The molecule has 0 aromatic heterocycles. The Balaban J connectivity index is 0.000000534. The van der Waals surface area contributed by atoms with Gasteiger partial charge in [-0.25, -0.2) is 9.59 Å². The van der Waals surface area contributed by atoms with Crippen molar-refractivity contribution in [2.75, 3.05) is 33.3 Å². The van der Waals surface area contributed by atoms with E-state index in [2.05, 4.69) is 9.80 Å². The minimum absolute atomic E-state index is 0.134. The molecule has 172 valence electrons. The molecule has 1 saturated heterocycles. The van der Waals surface area contributed by atoms with Gasteiger partial charge in [-0.05, 0) is 23.8 Å². The number of aromatic hydroxyl groups is 1. The van der Waals surface area contributed by atoms with Gasteiger partial charge in [0.1, 0.15) is 11.5 Å². The first-order valence-electron chi connectivity index (χ1n) is 9.69. The van der Waals surface area contributed by atoms with Crippen LogP contribution in [0.2, 0.25) is 0 Å². The summed E-state index contributed by atoms with van der Waals surface area (Å²) in [6.45, 7) is 4.91. The second-order valence-electron chi connectivity index (χ2n) is 7.08. The molecule has 0 unspecified atom stereocenters. The zero-order valence-corrected chi connectivity index (χ0v) is 17.5. The summed E-state index contributed by atoms with van der Waals surface area (Å²) in [6, 6.07) is 12.1. The third-order valence-corrected chi connectivity index (χ3v) is 4.86. The number of rotatable bonds is 6. The maximum Gasteiger partial charge on any atom is 0.414 e. The Morgan fingerprint density at radius 3 is 2.12 bits per heavy atom. The number of carboxylic acid groups (broad SMARTS) is 2. The molecule has 0 bridgehead atoms. The summed E-state index contributed by atoms with van der Waals surface area (Å²) in [5.41, 5.74) is 1.95. The average Bonchev–Trinajstić information content (AvgIpc) is 2.77. The number of hydrogen-bond acceptors (Lipinski definition) is 8. The van der Waals surface area contributed by atoms with Crippen molar-refractivity contribution in [1.29, 1.82) is 0 Å². The number of non-ortho nitro benzene ring substituents is 1. The van der Waals surface area contributed by atoms with Crippen LogP contribution in [0.1, 0.15) is 11.1 Å². The van der Waals surface area contributed by atoms with Crippen molar-refractivity contribution in [3.63, 3.8) is 0 Å². The van der Waals surface area contributed by atoms with Gasteiger partial charge in [0.05, 0.1) is 12.0 Å². The Hall–Kier alpha value is -3.70. The molecule has 0 saturated carbocycles. The van der Waals surface area contributed by atoms with Gasteiger partial charge in [0.2, 0.25) is 0 Å². The fourth-order valence-corrected chi connectivity index (χ4v) is 3.19. The Labute approximate surface area is 184 Å². The highest BCUT2D eigenvalue weighted by Crippen LogP contribution is 2.25. The standard InChI is InChI=1S/C19H23N3O4.C2H2O4/c1-26-18-5-6-19(23)16(12-18)14-21-9-7-20(8-10-21)13-15-3-2-4-17(11-15)22(24)25;3-1(4)2(5)6/h2-6,11-12,23H,7-10,13-14H2,1H3;(H,3,4)(H,5,6). The predicted octanol–water partition coefficient (Wildman–Crippen LogP) is 1.78. The number of carbonyl (C=O) groups is 2. The van der Waals surface area contributed by atoms with Crippen molar-refractivity contribution in [1.82, 2.24) is 9.80 Å². The van der Waals surface area contributed by atoms with Gasteiger partial charge < -0.3 is 20.1 Å². The van der Waals surface area contributed by atoms with E-state index in [1.165, 1.54) is 6.07 Å². The van der Waals surface area contributed by atoms with E-state index in [1.807, 2.05) is 12.1 Å². The normalized spacial score (nSPS) is 14.2. The highest BCUT2D eigenvalue weighted by Gasteiger charge is 2.19. The molecule has 0 amide bonds. The number of benzene rings is 2. The van der Waals surface area contributed by atoms with E-state index in [0.717, 1.165) is 43.1 Å². The number of aliphatic carboxylic acids is 2. The van der Waals surface area contributed by atoms with Gasteiger partial charge in [0.15, 0.2) is 0 Å². The molecule has 3 N–H and O–H groups in total. The lowest BCUT2D eigenvalue weighted by Crippen LogP contribution is -2.45. The number of nitro benzene ring substituents is 1. The van der Waals surface area contributed by atoms with Gasteiger partial charge >= 0.3 is 11.9 Å². The van der Waals surface area contributed by atoms with Crippen molar-refractivity contribution in [2.45, 2.75) is 13.1 Å². The SMILES string of the molecule is COc1ccc(O)c(CN2CCN(Cc3cccc([N+](=O)[O-])c3)CC2)c1.O=C(O)C(=O)O. The second-order valence-corrected chi connectivity index (χ2v) is 7.08. The van der Waals surface area contributed by atoms with Crippen molar-refractivity contribution in [2.24, 2.45) is 0 Å². The molecular weight excluding hydrogens is 422 g/mol. The van der Waals surface area contributed by atoms with Crippen molar-refractivity contribution < 1.29 is 34.6 Å². The van der Waals surface area contributed by atoms with Crippen LogP contribution >= 0.6 is 0 Å². The minimum atomic E-state index is -1.82. The number of hydrogen-bond donors (Lipinski definition) is 3. The van der Waals surface area contributed by atoms with Crippen LogP contribution in [0, 0.1) is 10.1 Å². The highest BCUT2D eigenvalue weighted by molar-refractivity contribution is 6.27. The summed E-state index contributed by atoms with van der Waals surface area (Å²) < 4.78 is 5.22. The van der Waals surface area contributed by atoms with Crippen LogP contribution < -0.4 is 4.74 Å². The molecule has 0 spiro atoms. The van der Waals surface area contributed by atoms with Gasteiger partial charge in [-0.3, -0.25) is 19.9 Å². The van der Waals surface area contributed by atoms with Gasteiger partial charge in [-0.15, -0.1) is 0 Å². The third-order valence-electron chi connectivity index (χ3n) is 4.86. The first-order valence-corrected chi connectivity index (χ1v) is 9.69. The van der Waals surface area contributed by atoms with Crippen molar-refractivity contribution in [3.05, 3.63) is 63.7 Å². The maximum atomic E-state index is 10.9. The molecule has 11 heteroatoms. The van der Waals surface area contributed by atoms with Gasteiger partial charge in [-0.1, -0.05) is 12.1 Å². The fourth-order valence-electron chi connectivity index (χ4n) is 3.19. The van der Waals surface area contributed by atoms with E-state index >= 15 is 0 Å². The van der Waals surface area contributed by atoms with E-state index in [-0.39, 0.29) is 16.4 Å². The lowest BCUT2D eigenvalue weighted by Gasteiger charge is -2.34. The molecule has 0 radical (unpaired) electrons. The number of piperazine rings is 1. The van der Waals surface area contributed by atoms with E-state index < -0.39 is 11.9 Å².